The topological polar surface area (TPSA) is 26.3 Å². The number of benzene rings is 1. The van der Waals surface area contributed by atoms with Crippen LogP contribution in [0.2, 0.25) is 0 Å². The molecule has 1 aromatic rings. The average molecular weight is 164 g/mol. The van der Waals surface area contributed by atoms with E-state index in [4.69, 9.17) is 4.74 Å². The summed E-state index contributed by atoms with van der Waals surface area (Å²) in [5, 5.41) is 0. The van der Waals surface area contributed by atoms with Gasteiger partial charge < -0.3 is 9.53 Å². The molecule has 2 nitrogen and oxygen atoms in total. The summed E-state index contributed by atoms with van der Waals surface area (Å²) in [6.07, 6.45) is 1.31. The lowest BCUT2D eigenvalue weighted by atomic mass is 10.2. The molecule has 0 unspecified atom stereocenters. The summed E-state index contributed by atoms with van der Waals surface area (Å²) in [6.45, 7) is 2.47. The zero-order valence-electron chi connectivity index (χ0n) is 7.12. The molecular weight excluding hydrogens is 152 g/mol. The van der Waals surface area contributed by atoms with Gasteiger partial charge in [-0.15, -0.1) is 0 Å². The predicted octanol–water partition coefficient (Wildman–Crippen LogP) is 1.96. The van der Waals surface area contributed by atoms with Crippen LogP contribution in [0.4, 0.5) is 0 Å². The van der Waals surface area contributed by atoms with Crippen molar-refractivity contribution in [2.24, 2.45) is 0 Å². The lowest BCUT2D eigenvalue weighted by molar-refractivity contribution is -0.108. The lowest BCUT2D eigenvalue weighted by Gasteiger charge is -2.03. The standard InChI is InChI=1S/C10H12O2/c1-9-4-2-5-10(8-9)12-7-3-6-11/h2,4-6,8H,3,7H2,1H3. The van der Waals surface area contributed by atoms with Crippen LogP contribution in [-0.2, 0) is 4.79 Å². The molecule has 0 saturated heterocycles. The van der Waals surface area contributed by atoms with E-state index < -0.39 is 0 Å². The number of rotatable bonds is 4. The highest BCUT2D eigenvalue weighted by Gasteiger charge is 1.91. The Kier molecular flexibility index (Phi) is 3.33. The van der Waals surface area contributed by atoms with E-state index in [-0.39, 0.29) is 0 Å². The molecule has 0 N–H and O–H groups in total. The van der Waals surface area contributed by atoms with Crippen LogP contribution in [0, 0.1) is 6.92 Å². The van der Waals surface area contributed by atoms with Crippen LogP contribution in [0.25, 0.3) is 0 Å². The fourth-order valence-corrected chi connectivity index (χ4v) is 0.930. The molecule has 0 heterocycles. The summed E-state index contributed by atoms with van der Waals surface area (Å²) in [5.74, 6) is 0.830. The minimum absolute atomic E-state index is 0.452. The summed E-state index contributed by atoms with van der Waals surface area (Å²) < 4.78 is 5.30. The summed E-state index contributed by atoms with van der Waals surface area (Å²) in [5.41, 5.74) is 1.17. The maximum absolute atomic E-state index is 9.98. The van der Waals surface area contributed by atoms with E-state index in [1.165, 1.54) is 5.56 Å². The van der Waals surface area contributed by atoms with Crippen molar-refractivity contribution >= 4 is 6.29 Å². The van der Waals surface area contributed by atoms with E-state index in [9.17, 15) is 4.79 Å². The van der Waals surface area contributed by atoms with Crippen LogP contribution >= 0.6 is 0 Å². The monoisotopic (exact) mass is 164 g/mol. The van der Waals surface area contributed by atoms with E-state index in [0.29, 0.717) is 13.0 Å². The van der Waals surface area contributed by atoms with Crippen molar-refractivity contribution < 1.29 is 9.53 Å². The van der Waals surface area contributed by atoms with Gasteiger partial charge in [-0.2, -0.15) is 0 Å². The van der Waals surface area contributed by atoms with Crippen molar-refractivity contribution in [3.05, 3.63) is 29.8 Å². The molecule has 0 amide bonds. The first-order chi connectivity index (χ1) is 5.83. The third-order valence-electron chi connectivity index (χ3n) is 1.49. The van der Waals surface area contributed by atoms with E-state index >= 15 is 0 Å². The quantitative estimate of drug-likeness (QED) is 0.502. The second-order valence-corrected chi connectivity index (χ2v) is 2.62. The average Bonchev–Trinajstić information content (AvgIpc) is 2.05. The molecule has 0 aliphatic carbocycles. The summed E-state index contributed by atoms with van der Waals surface area (Å²) in [4.78, 5) is 9.98. The Morgan fingerprint density at radius 2 is 2.33 bits per heavy atom. The smallest absolute Gasteiger partial charge is 0.123 e. The molecule has 0 fully saturated rings. The van der Waals surface area contributed by atoms with Crippen molar-refractivity contribution in [2.75, 3.05) is 6.61 Å². The van der Waals surface area contributed by atoms with E-state index in [1.807, 2.05) is 31.2 Å². The first kappa shape index (κ1) is 8.78. The minimum atomic E-state index is 0.452. The van der Waals surface area contributed by atoms with Crippen molar-refractivity contribution in [3.8, 4) is 5.75 Å². The maximum atomic E-state index is 9.98. The van der Waals surface area contributed by atoms with Gasteiger partial charge in [0.2, 0.25) is 0 Å². The highest BCUT2D eigenvalue weighted by atomic mass is 16.5. The molecule has 1 aromatic carbocycles. The highest BCUT2D eigenvalue weighted by molar-refractivity contribution is 5.49. The highest BCUT2D eigenvalue weighted by Crippen LogP contribution is 2.11. The van der Waals surface area contributed by atoms with Gasteiger partial charge in [0.1, 0.15) is 12.0 Å². The zero-order valence-corrected chi connectivity index (χ0v) is 7.12. The molecule has 0 saturated carbocycles. The third-order valence-corrected chi connectivity index (χ3v) is 1.49. The van der Waals surface area contributed by atoms with Gasteiger partial charge in [-0.25, -0.2) is 0 Å². The van der Waals surface area contributed by atoms with Crippen molar-refractivity contribution in [1.29, 1.82) is 0 Å². The Morgan fingerprint density at radius 1 is 1.50 bits per heavy atom. The molecule has 0 bridgehead atoms. The van der Waals surface area contributed by atoms with Crippen molar-refractivity contribution in [2.45, 2.75) is 13.3 Å². The van der Waals surface area contributed by atoms with Crippen LogP contribution in [-0.4, -0.2) is 12.9 Å². The van der Waals surface area contributed by atoms with Gasteiger partial charge in [-0.1, -0.05) is 12.1 Å². The molecule has 0 radical (unpaired) electrons. The number of aldehydes is 1. The Hall–Kier alpha value is -1.31. The van der Waals surface area contributed by atoms with E-state index in [0.717, 1.165) is 12.0 Å². The Bertz CT molecular complexity index is 256. The number of ether oxygens (including phenoxy) is 1. The largest absolute Gasteiger partial charge is 0.493 e. The molecule has 0 atom stereocenters. The first-order valence-corrected chi connectivity index (χ1v) is 3.96. The first-order valence-electron chi connectivity index (χ1n) is 3.96. The van der Waals surface area contributed by atoms with Crippen LogP contribution in [0.3, 0.4) is 0 Å². The molecule has 0 aromatic heterocycles. The number of carbonyl (C=O) groups excluding carboxylic acids is 1. The molecule has 64 valence electrons. The van der Waals surface area contributed by atoms with Crippen LogP contribution in [0.5, 0.6) is 5.75 Å². The van der Waals surface area contributed by atoms with Gasteiger partial charge in [0.15, 0.2) is 0 Å². The fourth-order valence-electron chi connectivity index (χ4n) is 0.930. The van der Waals surface area contributed by atoms with Gasteiger partial charge >= 0.3 is 0 Å². The molecule has 0 aliphatic heterocycles. The fraction of sp³-hybridized carbons (Fsp3) is 0.300. The molecular formula is C10H12O2. The predicted molar refractivity (Wildman–Crippen MR) is 47.4 cm³/mol. The number of aryl methyl sites for hydroxylation is 1. The second kappa shape index (κ2) is 4.54. The van der Waals surface area contributed by atoms with Crippen molar-refractivity contribution in [1.82, 2.24) is 0 Å². The van der Waals surface area contributed by atoms with E-state index in [1.54, 1.807) is 0 Å². The van der Waals surface area contributed by atoms with E-state index in [2.05, 4.69) is 0 Å². The maximum Gasteiger partial charge on any atom is 0.123 e. The molecule has 2 heteroatoms. The normalized spacial score (nSPS) is 9.42. The second-order valence-electron chi connectivity index (χ2n) is 2.62. The van der Waals surface area contributed by atoms with Crippen LogP contribution in [0.1, 0.15) is 12.0 Å². The van der Waals surface area contributed by atoms with Gasteiger partial charge in [0.25, 0.3) is 0 Å². The van der Waals surface area contributed by atoms with Crippen LogP contribution < -0.4 is 4.74 Å². The zero-order chi connectivity index (χ0) is 8.81. The van der Waals surface area contributed by atoms with Gasteiger partial charge in [-0.3, -0.25) is 0 Å². The van der Waals surface area contributed by atoms with Gasteiger partial charge in [0.05, 0.1) is 6.61 Å². The summed E-state index contributed by atoms with van der Waals surface area (Å²) >= 11 is 0. The SMILES string of the molecule is Cc1cccc(OCCC=O)c1. The Morgan fingerprint density at radius 3 is 3.00 bits per heavy atom. The molecule has 12 heavy (non-hydrogen) atoms. The Balaban J connectivity index is 2.46. The van der Waals surface area contributed by atoms with Gasteiger partial charge in [-0.05, 0) is 24.6 Å². The summed E-state index contributed by atoms with van der Waals surface area (Å²) in [7, 11) is 0. The molecule has 0 aliphatic rings. The van der Waals surface area contributed by atoms with Gasteiger partial charge in [0, 0.05) is 6.42 Å². The molecule has 1 rings (SSSR count). The summed E-state index contributed by atoms with van der Waals surface area (Å²) in [6, 6.07) is 7.78. The number of carbonyl (C=O) groups is 1. The third kappa shape index (κ3) is 2.74. The van der Waals surface area contributed by atoms with Crippen LogP contribution in [0.15, 0.2) is 24.3 Å². The lowest BCUT2D eigenvalue weighted by Crippen LogP contribution is -1.97. The van der Waals surface area contributed by atoms with Crippen molar-refractivity contribution in [3.63, 3.8) is 0 Å². The number of hydrogen-bond donors (Lipinski definition) is 0. The molecule has 0 spiro atoms. The number of hydrogen-bond acceptors (Lipinski definition) is 2. The minimum Gasteiger partial charge on any atom is -0.493 e. The Labute approximate surface area is 72.2 Å².